The topological polar surface area (TPSA) is 77.5 Å². The van der Waals surface area contributed by atoms with Crippen LogP contribution in [-0.2, 0) is 14.3 Å². The third-order valence-electron chi connectivity index (χ3n) is 3.61. The molecule has 0 aliphatic rings. The summed E-state index contributed by atoms with van der Waals surface area (Å²) in [5.41, 5.74) is 4.01. The van der Waals surface area contributed by atoms with E-state index in [1.807, 2.05) is 36.7 Å². The van der Waals surface area contributed by atoms with Crippen LogP contribution < -0.4 is 5.32 Å². The molecule has 1 heterocycles. The number of carbonyl (C=O) groups is 2. The number of amides is 1. The summed E-state index contributed by atoms with van der Waals surface area (Å²) < 4.78 is 10.0. The number of hydrogen-bond donors (Lipinski definition) is 1. The van der Waals surface area contributed by atoms with Crippen LogP contribution in [0.15, 0.2) is 29.8 Å². The van der Waals surface area contributed by atoms with E-state index in [0.29, 0.717) is 0 Å². The van der Waals surface area contributed by atoms with Crippen LogP contribution in [0.1, 0.15) is 44.5 Å². The molecule has 1 atom stereocenters. The molecule has 1 amide bonds. The Hall–Kier alpha value is -2.41. The van der Waals surface area contributed by atoms with Gasteiger partial charge in [-0.1, -0.05) is 24.3 Å². The number of nitrogens with zero attached hydrogens (tertiary/aromatic N) is 1. The van der Waals surface area contributed by atoms with E-state index in [2.05, 4.69) is 10.3 Å². The van der Waals surface area contributed by atoms with Crippen LogP contribution in [0, 0.1) is 6.92 Å². The van der Waals surface area contributed by atoms with E-state index in [9.17, 15) is 9.59 Å². The fourth-order valence-electron chi connectivity index (χ4n) is 2.40. The van der Waals surface area contributed by atoms with Crippen molar-refractivity contribution in [1.82, 2.24) is 10.3 Å². The highest BCUT2D eigenvalue weighted by Gasteiger charge is 2.23. The zero-order chi connectivity index (χ0) is 19.3. The highest BCUT2D eigenvalue weighted by atomic mass is 32.1. The largest absolute Gasteiger partial charge is 0.469 e. The lowest BCUT2D eigenvalue weighted by Crippen LogP contribution is -2.35. The zero-order valence-corrected chi connectivity index (χ0v) is 16.5. The third kappa shape index (κ3) is 5.56. The third-order valence-corrected chi connectivity index (χ3v) is 4.59. The van der Waals surface area contributed by atoms with E-state index in [1.54, 1.807) is 32.1 Å². The van der Waals surface area contributed by atoms with Crippen LogP contribution in [0.2, 0.25) is 0 Å². The minimum absolute atomic E-state index is 0.0225. The minimum atomic E-state index is -0.618. The number of aryl methyl sites for hydroxylation is 1. The summed E-state index contributed by atoms with van der Waals surface area (Å²) in [7, 11) is 1.32. The van der Waals surface area contributed by atoms with Crippen LogP contribution in [0.3, 0.4) is 0 Å². The van der Waals surface area contributed by atoms with E-state index in [-0.39, 0.29) is 6.42 Å². The van der Waals surface area contributed by atoms with Gasteiger partial charge in [-0.2, -0.15) is 0 Å². The molecule has 0 fully saturated rings. The second-order valence-corrected chi connectivity index (χ2v) is 7.72. The predicted molar refractivity (Wildman–Crippen MR) is 101 cm³/mol. The van der Waals surface area contributed by atoms with E-state index < -0.39 is 23.7 Å². The fraction of sp³-hybridized carbons (Fsp3) is 0.421. The summed E-state index contributed by atoms with van der Waals surface area (Å²) >= 11 is 1.57. The Morgan fingerprint density at radius 3 is 2.38 bits per heavy atom. The lowest BCUT2D eigenvalue weighted by molar-refractivity contribution is -0.141. The molecule has 1 aromatic carbocycles. The second kappa shape index (κ2) is 8.31. The summed E-state index contributed by atoms with van der Waals surface area (Å²) in [4.78, 5) is 29.2. The number of carbonyl (C=O) groups excluding carboxylic acids is 2. The number of aromatic nitrogens is 1. The van der Waals surface area contributed by atoms with Crippen molar-refractivity contribution in [3.05, 3.63) is 41.0 Å². The van der Waals surface area contributed by atoms with Gasteiger partial charge < -0.3 is 14.8 Å². The van der Waals surface area contributed by atoms with E-state index in [0.717, 1.165) is 21.7 Å². The van der Waals surface area contributed by atoms with Gasteiger partial charge in [-0.25, -0.2) is 9.78 Å². The number of rotatable bonds is 5. The standard InChI is InChI=1S/C19H24N2O4S/c1-12-17(26-11-20-12)14-8-6-13(7-9-14)15(10-16(22)24-5)21-18(23)25-19(2,3)4/h6-9,11,15H,10H2,1-5H3,(H,21,23). The van der Waals surface area contributed by atoms with Gasteiger partial charge in [0.1, 0.15) is 5.60 Å². The number of alkyl carbamates (subject to hydrolysis) is 1. The smallest absolute Gasteiger partial charge is 0.408 e. The lowest BCUT2D eigenvalue weighted by Gasteiger charge is -2.23. The Bertz CT molecular complexity index is 763. The fourth-order valence-corrected chi connectivity index (χ4v) is 3.21. The van der Waals surface area contributed by atoms with Crippen molar-refractivity contribution >= 4 is 23.4 Å². The summed E-state index contributed by atoms with van der Waals surface area (Å²) in [5, 5.41) is 2.75. The average molecular weight is 376 g/mol. The maximum atomic E-state index is 12.1. The Morgan fingerprint density at radius 1 is 1.23 bits per heavy atom. The molecule has 0 aliphatic carbocycles. The first-order valence-corrected chi connectivity index (χ1v) is 9.14. The highest BCUT2D eigenvalue weighted by Crippen LogP contribution is 2.29. The first-order chi connectivity index (χ1) is 12.2. The molecule has 7 heteroatoms. The number of methoxy groups -OCH3 is 1. The van der Waals surface area contributed by atoms with Gasteiger partial charge in [0.05, 0.1) is 35.7 Å². The lowest BCUT2D eigenvalue weighted by atomic mass is 10.0. The van der Waals surface area contributed by atoms with Crippen molar-refractivity contribution in [1.29, 1.82) is 0 Å². The average Bonchev–Trinajstić information content (AvgIpc) is 2.98. The number of hydrogen-bond acceptors (Lipinski definition) is 6. The SMILES string of the molecule is COC(=O)CC(NC(=O)OC(C)(C)C)c1ccc(-c2scnc2C)cc1. The number of esters is 1. The second-order valence-electron chi connectivity index (χ2n) is 6.87. The van der Waals surface area contributed by atoms with E-state index in [4.69, 9.17) is 9.47 Å². The van der Waals surface area contributed by atoms with Gasteiger partial charge in [0.2, 0.25) is 0 Å². The molecule has 2 aromatic rings. The summed E-state index contributed by atoms with van der Waals surface area (Å²) in [6.45, 7) is 7.32. The van der Waals surface area contributed by atoms with Crippen molar-refractivity contribution in [2.24, 2.45) is 0 Å². The first kappa shape index (κ1) is 19.9. The molecule has 26 heavy (non-hydrogen) atoms. The van der Waals surface area contributed by atoms with Crippen LogP contribution in [0.4, 0.5) is 4.79 Å². The monoisotopic (exact) mass is 376 g/mol. The maximum absolute atomic E-state index is 12.1. The minimum Gasteiger partial charge on any atom is -0.469 e. The van der Waals surface area contributed by atoms with Gasteiger partial charge >= 0.3 is 12.1 Å². The van der Waals surface area contributed by atoms with Crippen LogP contribution in [-0.4, -0.2) is 29.8 Å². The number of ether oxygens (including phenoxy) is 2. The maximum Gasteiger partial charge on any atom is 0.408 e. The summed E-state index contributed by atoms with van der Waals surface area (Å²) in [6.07, 6.45) is -0.553. The van der Waals surface area contributed by atoms with Gasteiger partial charge in [0, 0.05) is 0 Å². The van der Waals surface area contributed by atoms with Gasteiger partial charge in [-0.15, -0.1) is 11.3 Å². The van der Waals surface area contributed by atoms with E-state index in [1.165, 1.54) is 7.11 Å². The summed E-state index contributed by atoms with van der Waals surface area (Å²) in [5.74, 6) is -0.409. The molecule has 0 spiro atoms. The van der Waals surface area contributed by atoms with Crippen molar-refractivity contribution in [3.8, 4) is 10.4 Å². The quantitative estimate of drug-likeness (QED) is 0.790. The molecular formula is C19H24N2O4S. The molecule has 0 saturated heterocycles. The zero-order valence-electron chi connectivity index (χ0n) is 15.7. The van der Waals surface area contributed by atoms with Crippen LogP contribution in [0.5, 0.6) is 0 Å². The Morgan fingerprint density at radius 2 is 1.88 bits per heavy atom. The van der Waals surface area contributed by atoms with Crippen molar-refractivity contribution in [2.45, 2.75) is 45.8 Å². The predicted octanol–water partition coefficient (Wildman–Crippen LogP) is 4.25. The van der Waals surface area contributed by atoms with Gasteiger partial charge in [0.15, 0.2) is 0 Å². The molecule has 0 aliphatic heterocycles. The molecule has 0 saturated carbocycles. The molecule has 0 bridgehead atoms. The van der Waals surface area contributed by atoms with Crippen molar-refractivity contribution < 1.29 is 19.1 Å². The van der Waals surface area contributed by atoms with Gasteiger partial charge in [-0.05, 0) is 38.8 Å². The number of benzene rings is 1. The van der Waals surface area contributed by atoms with Crippen LogP contribution in [0.25, 0.3) is 10.4 Å². The molecule has 2 rings (SSSR count). The molecule has 1 N–H and O–H groups in total. The van der Waals surface area contributed by atoms with Crippen molar-refractivity contribution in [2.75, 3.05) is 7.11 Å². The first-order valence-electron chi connectivity index (χ1n) is 8.26. The Kier molecular flexibility index (Phi) is 6.37. The summed E-state index contributed by atoms with van der Waals surface area (Å²) in [6, 6.07) is 7.15. The van der Waals surface area contributed by atoms with Gasteiger partial charge in [-0.3, -0.25) is 4.79 Å². The molecule has 140 valence electrons. The van der Waals surface area contributed by atoms with Crippen LogP contribution >= 0.6 is 11.3 Å². The molecule has 6 nitrogen and oxygen atoms in total. The van der Waals surface area contributed by atoms with Gasteiger partial charge in [0.25, 0.3) is 0 Å². The molecule has 0 radical (unpaired) electrons. The van der Waals surface area contributed by atoms with E-state index >= 15 is 0 Å². The molecule has 1 unspecified atom stereocenters. The normalized spacial score (nSPS) is 12.3. The number of thiazole rings is 1. The molecular weight excluding hydrogens is 352 g/mol. The van der Waals surface area contributed by atoms with Crippen molar-refractivity contribution in [3.63, 3.8) is 0 Å². The molecule has 1 aromatic heterocycles. The number of nitrogens with one attached hydrogen (secondary N) is 1. The Labute approximate surface area is 157 Å². The Balaban J connectivity index is 2.20. The highest BCUT2D eigenvalue weighted by molar-refractivity contribution is 7.13.